The zero-order valence-corrected chi connectivity index (χ0v) is 16.0. The lowest BCUT2D eigenvalue weighted by atomic mass is 10.3. The van der Waals surface area contributed by atoms with E-state index in [1.807, 2.05) is 12.3 Å². The molecule has 0 aliphatic carbocycles. The Kier molecular flexibility index (Phi) is 9.37. The zero-order chi connectivity index (χ0) is 15.6. The molecular weight excluding hydrogens is 427 g/mol. The average molecular weight is 448 g/mol. The lowest BCUT2D eigenvalue weighted by Crippen LogP contribution is -2.41. The third kappa shape index (κ3) is 7.04. The lowest BCUT2D eigenvalue weighted by molar-refractivity contribution is 0.0926. The van der Waals surface area contributed by atoms with E-state index in [-0.39, 0.29) is 29.9 Å². The van der Waals surface area contributed by atoms with Gasteiger partial charge in [-0.1, -0.05) is 0 Å². The van der Waals surface area contributed by atoms with Gasteiger partial charge < -0.3 is 20.4 Å². The molecule has 0 saturated carbocycles. The molecule has 2 rings (SSSR count). The van der Waals surface area contributed by atoms with E-state index in [4.69, 9.17) is 4.42 Å². The maximum Gasteiger partial charge on any atom is 0.287 e. The van der Waals surface area contributed by atoms with Gasteiger partial charge in [0.2, 0.25) is 0 Å². The van der Waals surface area contributed by atoms with Crippen molar-refractivity contribution < 1.29 is 9.21 Å². The molecule has 0 aromatic carbocycles. The molecule has 6 nitrogen and oxygen atoms in total. The summed E-state index contributed by atoms with van der Waals surface area (Å²) >= 11 is 1.66. The van der Waals surface area contributed by atoms with Gasteiger partial charge in [0.05, 0.1) is 12.8 Å². The van der Waals surface area contributed by atoms with Crippen molar-refractivity contribution in [3.8, 4) is 0 Å². The van der Waals surface area contributed by atoms with E-state index in [2.05, 4.69) is 32.4 Å². The number of aliphatic imine (C=N–C) groups is 1. The molecule has 23 heavy (non-hydrogen) atoms. The second-order valence-electron chi connectivity index (χ2n) is 4.49. The average Bonchev–Trinajstić information content (AvgIpc) is 3.22. The van der Waals surface area contributed by atoms with Crippen LogP contribution in [0.2, 0.25) is 0 Å². The van der Waals surface area contributed by atoms with Crippen molar-refractivity contribution in [2.24, 2.45) is 4.99 Å². The summed E-state index contributed by atoms with van der Waals surface area (Å²) in [6.07, 6.45) is 1.48. The zero-order valence-electron chi connectivity index (χ0n) is 12.9. The van der Waals surface area contributed by atoms with Crippen LogP contribution in [0.15, 0.2) is 44.6 Å². The van der Waals surface area contributed by atoms with E-state index in [1.54, 1.807) is 23.5 Å². The van der Waals surface area contributed by atoms with Crippen molar-refractivity contribution in [1.29, 1.82) is 0 Å². The molecule has 0 saturated heterocycles. The molecule has 0 bridgehead atoms. The Morgan fingerprint density at radius 2 is 2.09 bits per heavy atom. The Labute approximate surface area is 156 Å². The van der Waals surface area contributed by atoms with Gasteiger partial charge in [-0.05, 0) is 41.4 Å². The number of furan rings is 1. The Hall–Kier alpha value is -1.55. The highest BCUT2D eigenvalue weighted by molar-refractivity contribution is 14.0. The van der Waals surface area contributed by atoms with Gasteiger partial charge in [-0.15, -0.1) is 24.0 Å². The second kappa shape index (κ2) is 11.1. The number of halogens is 1. The van der Waals surface area contributed by atoms with Crippen LogP contribution in [0.5, 0.6) is 0 Å². The van der Waals surface area contributed by atoms with Gasteiger partial charge in [0.25, 0.3) is 5.91 Å². The number of nitrogens with one attached hydrogen (secondary N) is 3. The number of guanidine groups is 1. The van der Waals surface area contributed by atoms with Crippen molar-refractivity contribution >= 4 is 47.2 Å². The molecule has 1 amide bonds. The Bertz CT molecular complexity index is 585. The quantitative estimate of drug-likeness (QED) is 0.263. The molecule has 0 aliphatic rings. The molecule has 0 fully saturated rings. The molecule has 126 valence electrons. The maximum absolute atomic E-state index is 11.7. The van der Waals surface area contributed by atoms with Crippen molar-refractivity contribution in [1.82, 2.24) is 16.0 Å². The van der Waals surface area contributed by atoms with Crippen LogP contribution in [0, 0.1) is 0 Å². The number of thiophene rings is 1. The number of hydrogen-bond acceptors (Lipinski definition) is 4. The molecule has 0 aliphatic heterocycles. The monoisotopic (exact) mass is 448 g/mol. The number of rotatable bonds is 7. The fourth-order valence-electron chi connectivity index (χ4n) is 1.75. The smallest absolute Gasteiger partial charge is 0.287 e. The van der Waals surface area contributed by atoms with Crippen LogP contribution in [0.4, 0.5) is 0 Å². The molecule has 2 aromatic heterocycles. The number of hydrogen-bond donors (Lipinski definition) is 3. The van der Waals surface area contributed by atoms with Crippen LogP contribution < -0.4 is 16.0 Å². The first-order valence-corrected chi connectivity index (χ1v) is 8.09. The van der Waals surface area contributed by atoms with Crippen molar-refractivity contribution in [2.45, 2.75) is 13.5 Å². The van der Waals surface area contributed by atoms with Crippen molar-refractivity contribution in [2.75, 3.05) is 19.6 Å². The first kappa shape index (κ1) is 19.5. The number of nitrogens with zero attached hydrogens (tertiary/aromatic N) is 1. The van der Waals surface area contributed by atoms with Crippen LogP contribution >= 0.6 is 35.3 Å². The van der Waals surface area contributed by atoms with Gasteiger partial charge in [0.15, 0.2) is 11.7 Å². The summed E-state index contributed by atoms with van der Waals surface area (Å²) in [4.78, 5) is 16.2. The molecule has 3 N–H and O–H groups in total. The van der Waals surface area contributed by atoms with Crippen LogP contribution in [0.3, 0.4) is 0 Å². The Morgan fingerprint density at radius 3 is 2.74 bits per heavy atom. The molecule has 2 aromatic rings. The van der Waals surface area contributed by atoms with E-state index in [0.717, 1.165) is 12.5 Å². The maximum atomic E-state index is 11.7. The summed E-state index contributed by atoms with van der Waals surface area (Å²) in [7, 11) is 0. The van der Waals surface area contributed by atoms with Crippen LogP contribution in [0.25, 0.3) is 0 Å². The normalized spacial score (nSPS) is 10.7. The summed E-state index contributed by atoms with van der Waals surface area (Å²) in [6, 6.07) is 5.38. The van der Waals surface area contributed by atoms with Crippen molar-refractivity contribution in [3.05, 3.63) is 46.5 Å². The first-order valence-electron chi connectivity index (χ1n) is 7.14. The summed E-state index contributed by atoms with van der Waals surface area (Å²) < 4.78 is 5.02. The minimum absolute atomic E-state index is 0. The highest BCUT2D eigenvalue weighted by Crippen LogP contribution is 2.06. The van der Waals surface area contributed by atoms with Gasteiger partial charge in [-0.3, -0.25) is 4.79 Å². The molecule has 8 heteroatoms. The van der Waals surface area contributed by atoms with Gasteiger partial charge in [0, 0.05) is 19.6 Å². The van der Waals surface area contributed by atoms with Crippen LogP contribution in [-0.2, 0) is 6.54 Å². The highest BCUT2D eigenvalue weighted by Gasteiger charge is 2.06. The van der Waals surface area contributed by atoms with Gasteiger partial charge in [0.1, 0.15) is 0 Å². The van der Waals surface area contributed by atoms with Gasteiger partial charge in [-0.25, -0.2) is 4.99 Å². The second-order valence-corrected chi connectivity index (χ2v) is 5.27. The predicted octanol–water partition coefficient (Wildman–Crippen LogP) is 2.44. The Morgan fingerprint density at radius 1 is 1.26 bits per heavy atom. The number of amides is 1. The third-order valence-corrected chi connectivity index (χ3v) is 3.52. The number of carbonyl (C=O) groups excluding carboxylic acids is 1. The van der Waals surface area contributed by atoms with E-state index >= 15 is 0 Å². The Balaban J connectivity index is 0.00000264. The SMILES string of the molecule is CCNC(=NCc1ccsc1)NCCNC(=O)c1ccco1.I. The highest BCUT2D eigenvalue weighted by atomic mass is 127. The minimum atomic E-state index is -0.216. The molecule has 0 atom stereocenters. The molecular formula is C15H21IN4O2S. The van der Waals surface area contributed by atoms with Gasteiger partial charge >= 0.3 is 0 Å². The largest absolute Gasteiger partial charge is 0.459 e. The van der Waals surface area contributed by atoms with E-state index in [1.165, 1.54) is 11.8 Å². The first-order chi connectivity index (χ1) is 10.8. The van der Waals surface area contributed by atoms with Crippen LogP contribution in [0.1, 0.15) is 23.0 Å². The summed E-state index contributed by atoms with van der Waals surface area (Å²) in [6.45, 7) is 4.51. The van der Waals surface area contributed by atoms with Gasteiger partial charge in [-0.2, -0.15) is 11.3 Å². The summed E-state index contributed by atoms with van der Waals surface area (Å²) in [5.41, 5.74) is 1.19. The molecule has 2 heterocycles. The topological polar surface area (TPSA) is 78.7 Å². The van der Waals surface area contributed by atoms with E-state index < -0.39 is 0 Å². The predicted molar refractivity (Wildman–Crippen MR) is 104 cm³/mol. The fourth-order valence-corrected chi connectivity index (χ4v) is 2.41. The summed E-state index contributed by atoms with van der Waals surface area (Å²) in [5, 5.41) is 13.2. The van der Waals surface area contributed by atoms with E-state index in [9.17, 15) is 4.79 Å². The number of carbonyl (C=O) groups is 1. The van der Waals surface area contributed by atoms with E-state index in [0.29, 0.717) is 25.4 Å². The standard InChI is InChI=1S/C15H20N4O2S.HI/c1-2-16-15(19-10-12-5-9-22-11-12)18-7-6-17-14(20)13-4-3-8-21-13;/h3-5,8-9,11H,2,6-7,10H2,1H3,(H,17,20)(H2,16,18,19);1H. The third-order valence-electron chi connectivity index (χ3n) is 2.79. The molecule has 0 radical (unpaired) electrons. The fraction of sp³-hybridized carbons (Fsp3) is 0.333. The summed E-state index contributed by atoms with van der Waals surface area (Å²) in [5.74, 6) is 0.839. The van der Waals surface area contributed by atoms with Crippen LogP contribution in [-0.4, -0.2) is 31.5 Å². The molecule has 0 unspecified atom stereocenters. The minimum Gasteiger partial charge on any atom is -0.459 e. The lowest BCUT2D eigenvalue weighted by Gasteiger charge is -2.11. The van der Waals surface area contributed by atoms with Crippen molar-refractivity contribution in [3.63, 3.8) is 0 Å². The molecule has 0 spiro atoms.